The number of β-amino-alcohol motifs (C(OH)–C–C–N with tert-alkyl or cyclic N) is 1. The highest BCUT2D eigenvalue weighted by atomic mass is 19.4. The summed E-state index contributed by atoms with van der Waals surface area (Å²) in [4.78, 5) is 31.5. The number of pyridine rings is 1. The second kappa shape index (κ2) is 11.5. The van der Waals surface area contributed by atoms with Crippen LogP contribution in [0.15, 0.2) is 48.7 Å². The largest absolute Gasteiger partial charge is 0.398 e. The third kappa shape index (κ3) is 5.84. The summed E-state index contributed by atoms with van der Waals surface area (Å²) in [5.74, 6) is -1.39. The van der Waals surface area contributed by atoms with Crippen molar-refractivity contribution in [3.05, 3.63) is 71.2 Å². The number of likely N-dealkylation sites (tertiary alicyclic amines) is 1. The second-order valence-corrected chi connectivity index (χ2v) is 11.7. The molecule has 1 saturated carbocycles. The molecule has 0 spiro atoms. The van der Waals surface area contributed by atoms with Crippen molar-refractivity contribution >= 4 is 28.5 Å². The summed E-state index contributed by atoms with van der Waals surface area (Å²) in [5.41, 5.74) is -0.730. The van der Waals surface area contributed by atoms with Crippen LogP contribution < -0.4 is 10.2 Å². The van der Waals surface area contributed by atoms with Gasteiger partial charge in [-0.05, 0) is 61.6 Å². The number of aromatic nitrogens is 1. The molecule has 3 fully saturated rings. The van der Waals surface area contributed by atoms with Crippen molar-refractivity contribution in [2.75, 3.05) is 24.5 Å². The van der Waals surface area contributed by atoms with E-state index >= 15 is 4.39 Å². The number of carbonyl (C=O) groups is 2. The molecule has 11 heteroatoms. The molecule has 2 aromatic carbocycles. The summed E-state index contributed by atoms with van der Waals surface area (Å²) in [6.45, 7) is 7.10. The molecule has 43 heavy (non-hydrogen) atoms. The van der Waals surface area contributed by atoms with Gasteiger partial charge in [0.25, 0.3) is 0 Å². The first-order valence-corrected chi connectivity index (χ1v) is 14.7. The zero-order valence-electron chi connectivity index (χ0n) is 24.5. The number of nitrogens with one attached hydrogen (secondary N) is 1. The smallest absolute Gasteiger partial charge is 0.388 e. The third-order valence-electron chi connectivity index (χ3n) is 8.79. The van der Waals surface area contributed by atoms with E-state index in [1.807, 2.05) is 18.7 Å². The van der Waals surface area contributed by atoms with Gasteiger partial charge in [-0.25, -0.2) is 9.18 Å². The minimum absolute atomic E-state index is 0.115. The normalized spacial score (nSPS) is 23.9. The molecule has 1 aliphatic carbocycles. The van der Waals surface area contributed by atoms with Crippen molar-refractivity contribution in [2.45, 2.75) is 76.1 Å². The van der Waals surface area contributed by atoms with Gasteiger partial charge in [0.1, 0.15) is 5.82 Å². The SMILES string of the molecule is CC.CC1(O)CN(Cc2ccc(C3(C(F)(F)F)CC3)cc2)CCC1c1ccc2ncc(N3CCC(=O)NC3=O)cc2c1F. The van der Waals surface area contributed by atoms with E-state index in [-0.39, 0.29) is 43.6 Å². The number of fused-ring (bicyclic) bond motifs is 1. The van der Waals surface area contributed by atoms with Crippen molar-refractivity contribution in [3.63, 3.8) is 0 Å². The minimum atomic E-state index is -4.26. The number of amides is 3. The number of hydrogen-bond acceptors (Lipinski definition) is 5. The Kier molecular flexibility index (Phi) is 8.26. The number of aliphatic hydroxyl groups is 1. The number of anilines is 1. The Morgan fingerprint density at radius 3 is 2.37 bits per heavy atom. The highest BCUT2D eigenvalue weighted by molar-refractivity contribution is 6.06. The van der Waals surface area contributed by atoms with Crippen LogP contribution in [-0.4, -0.2) is 58.3 Å². The van der Waals surface area contributed by atoms with Gasteiger partial charge < -0.3 is 5.11 Å². The molecule has 230 valence electrons. The number of rotatable bonds is 5. The van der Waals surface area contributed by atoms with Gasteiger partial charge >= 0.3 is 12.2 Å². The summed E-state index contributed by atoms with van der Waals surface area (Å²) in [6, 6.07) is 10.8. The zero-order valence-corrected chi connectivity index (χ0v) is 24.5. The van der Waals surface area contributed by atoms with Crippen LogP contribution in [0.5, 0.6) is 0 Å². The lowest BCUT2D eigenvalue weighted by molar-refractivity contribution is -0.160. The molecule has 0 radical (unpaired) electrons. The molecular weight excluding hydrogens is 564 g/mol. The number of halogens is 4. The molecule has 1 aromatic heterocycles. The molecule has 2 saturated heterocycles. The number of alkyl halides is 3. The van der Waals surface area contributed by atoms with E-state index in [9.17, 15) is 27.9 Å². The Morgan fingerprint density at radius 1 is 1.07 bits per heavy atom. The third-order valence-corrected chi connectivity index (χ3v) is 8.79. The summed E-state index contributed by atoms with van der Waals surface area (Å²) in [6.07, 6.45) is -1.97. The molecule has 6 rings (SSSR count). The Balaban J connectivity index is 0.00000180. The molecule has 2 atom stereocenters. The monoisotopic (exact) mass is 600 g/mol. The Morgan fingerprint density at radius 2 is 1.77 bits per heavy atom. The van der Waals surface area contributed by atoms with E-state index in [4.69, 9.17) is 0 Å². The van der Waals surface area contributed by atoms with Crippen molar-refractivity contribution in [3.8, 4) is 0 Å². The quantitative estimate of drug-likeness (QED) is 0.342. The lowest BCUT2D eigenvalue weighted by atomic mass is 9.77. The summed E-state index contributed by atoms with van der Waals surface area (Å²) in [5, 5.41) is 13.9. The molecule has 3 heterocycles. The van der Waals surface area contributed by atoms with Gasteiger partial charge in [-0.1, -0.05) is 44.2 Å². The van der Waals surface area contributed by atoms with Crippen LogP contribution in [0.3, 0.4) is 0 Å². The molecule has 3 amide bonds. The molecule has 0 bridgehead atoms. The van der Waals surface area contributed by atoms with Crippen LogP contribution in [0.1, 0.15) is 69.1 Å². The van der Waals surface area contributed by atoms with Gasteiger partial charge in [-0.2, -0.15) is 13.2 Å². The lowest BCUT2D eigenvalue weighted by Crippen LogP contribution is -2.50. The maximum atomic E-state index is 16.0. The number of piperidine rings is 1. The minimum Gasteiger partial charge on any atom is -0.388 e. The van der Waals surface area contributed by atoms with Crippen LogP contribution in [0.4, 0.5) is 28.0 Å². The Labute approximate surface area is 247 Å². The number of nitrogens with zero attached hydrogens (tertiary/aromatic N) is 3. The fraction of sp³-hybridized carbons (Fsp3) is 0.469. The van der Waals surface area contributed by atoms with Gasteiger partial charge in [0.15, 0.2) is 0 Å². The van der Waals surface area contributed by atoms with Crippen molar-refractivity contribution in [1.82, 2.24) is 15.2 Å². The van der Waals surface area contributed by atoms with E-state index in [2.05, 4.69) is 10.3 Å². The van der Waals surface area contributed by atoms with Crippen LogP contribution in [-0.2, 0) is 16.8 Å². The number of urea groups is 1. The van der Waals surface area contributed by atoms with Crippen LogP contribution in [0.2, 0.25) is 0 Å². The first-order chi connectivity index (χ1) is 20.4. The summed E-state index contributed by atoms with van der Waals surface area (Å²) < 4.78 is 56.4. The van der Waals surface area contributed by atoms with Gasteiger partial charge in [-0.3, -0.25) is 24.9 Å². The predicted molar refractivity (Wildman–Crippen MR) is 155 cm³/mol. The average molecular weight is 601 g/mol. The molecule has 2 N–H and O–H groups in total. The molecule has 3 aromatic rings. The lowest BCUT2D eigenvalue weighted by Gasteiger charge is -2.43. The van der Waals surface area contributed by atoms with Gasteiger partial charge in [0.05, 0.1) is 28.4 Å². The van der Waals surface area contributed by atoms with Crippen molar-refractivity contribution in [1.29, 1.82) is 0 Å². The van der Waals surface area contributed by atoms with E-state index in [0.29, 0.717) is 41.8 Å². The molecular formula is C32H36F4N4O3. The number of carbonyl (C=O) groups excluding carboxylic acids is 2. The fourth-order valence-corrected chi connectivity index (χ4v) is 6.34. The first-order valence-electron chi connectivity index (χ1n) is 14.7. The maximum Gasteiger partial charge on any atom is 0.398 e. The van der Waals surface area contributed by atoms with Gasteiger partial charge in [0, 0.05) is 37.4 Å². The van der Waals surface area contributed by atoms with Gasteiger partial charge in [0.2, 0.25) is 5.91 Å². The van der Waals surface area contributed by atoms with Gasteiger partial charge in [-0.15, -0.1) is 0 Å². The van der Waals surface area contributed by atoms with E-state index < -0.39 is 35.0 Å². The highest BCUT2D eigenvalue weighted by Gasteiger charge is 2.64. The zero-order chi connectivity index (χ0) is 31.2. The van der Waals surface area contributed by atoms with E-state index in [1.54, 1.807) is 43.3 Å². The van der Waals surface area contributed by atoms with Crippen LogP contribution in [0.25, 0.3) is 10.9 Å². The summed E-state index contributed by atoms with van der Waals surface area (Å²) in [7, 11) is 0. The van der Waals surface area contributed by atoms with E-state index in [1.165, 1.54) is 17.2 Å². The first kappa shape index (κ1) is 30.9. The van der Waals surface area contributed by atoms with Crippen molar-refractivity contribution < 1.29 is 32.3 Å². The molecule has 2 unspecified atom stereocenters. The molecule has 3 aliphatic rings. The summed E-state index contributed by atoms with van der Waals surface area (Å²) >= 11 is 0. The van der Waals surface area contributed by atoms with E-state index in [0.717, 1.165) is 5.56 Å². The maximum absolute atomic E-state index is 16.0. The fourth-order valence-electron chi connectivity index (χ4n) is 6.34. The predicted octanol–water partition coefficient (Wildman–Crippen LogP) is 6.18. The van der Waals surface area contributed by atoms with Crippen molar-refractivity contribution in [2.24, 2.45) is 0 Å². The number of benzene rings is 2. The second-order valence-electron chi connectivity index (χ2n) is 11.7. The Hall–Kier alpha value is -3.57. The Bertz CT molecular complexity index is 1520. The van der Waals surface area contributed by atoms with Crippen LogP contribution in [0, 0.1) is 5.82 Å². The van der Waals surface area contributed by atoms with Crippen LogP contribution >= 0.6 is 0 Å². The standard InChI is InChI=1S/C30H30F4N4O3.C2H6/c1-28(41)17-37(16-18-2-4-19(5-3-18)29(10-11-29)30(32,33)34)12-8-23(28)21-6-7-24-22(26(21)31)14-20(15-35-24)38-13-9-25(39)36-27(38)40;1-2/h2-7,14-15,23,41H,8-13,16-17H2,1H3,(H,36,39,40);1-2H3. The highest BCUT2D eigenvalue weighted by Crippen LogP contribution is 2.58. The average Bonchev–Trinajstić information content (AvgIpc) is 3.78. The topological polar surface area (TPSA) is 85.8 Å². The molecule has 2 aliphatic heterocycles. The number of imide groups is 1. The number of hydrogen-bond donors (Lipinski definition) is 2. The molecule has 7 nitrogen and oxygen atoms in total.